The number of nitrogens with one attached hydrogen (secondary N) is 1. The minimum atomic E-state index is 0.501. The summed E-state index contributed by atoms with van der Waals surface area (Å²) in [5, 5.41) is 11.9. The molecule has 0 amide bonds. The molecule has 0 radical (unpaired) electrons. The Balaban J connectivity index is 3.05. The van der Waals surface area contributed by atoms with Gasteiger partial charge in [-0.25, -0.2) is 0 Å². The second-order valence-corrected chi connectivity index (χ2v) is 3.76. The lowest BCUT2D eigenvalue weighted by Gasteiger charge is -2.00. The maximum Gasteiger partial charge on any atom is 0.138 e. The van der Waals surface area contributed by atoms with Crippen molar-refractivity contribution >= 4 is 17.7 Å². The molecule has 0 unspecified atom stereocenters. The van der Waals surface area contributed by atoms with Crippen LogP contribution in [0.3, 0.4) is 0 Å². The van der Waals surface area contributed by atoms with Gasteiger partial charge in [-0.3, -0.25) is 9.61 Å². The molecule has 0 spiro atoms. The lowest BCUT2D eigenvalue weighted by Crippen LogP contribution is -1.91. The maximum absolute atomic E-state index is 8.95. The fourth-order valence-electron chi connectivity index (χ4n) is 1.69. The third kappa shape index (κ3) is 1.14. The Labute approximate surface area is 86.6 Å². The normalized spacial score (nSPS) is 10.4. The van der Waals surface area contributed by atoms with E-state index in [2.05, 4.69) is 11.2 Å². The molecule has 0 fully saturated rings. The van der Waals surface area contributed by atoms with Crippen molar-refractivity contribution in [2.24, 2.45) is 0 Å². The molecule has 0 aliphatic carbocycles. The van der Waals surface area contributed by atoms with E-state index in [1.807, 2.05) is 30.6 Å². The summed E-state index contributed by atoms with van der Waals surface area (Å²) in [6.07, 6.45) is 1.93. The first kappa shape index (κ1) is 8.97. The van der Waals surface area contributed by atoms with Crippen LogP contribution in [-0.4, -0.2) is 9.61 Å². The number of fused-ring (bicyclic) bond motifs is 1. The van der Waals surface area contributed by atoms with E-state index in [4.69, 9.17) is 17.5 Å². The van der Waals surface area contributed by atoms with Crippen LogP contribution in [0.5, 0.6) is 0 Å². The van der Waals surface area contributed by atoms with Crippen LogP contribution < -0.4 is 0 Å². The topological polar surface area (TPSA) is 44.0 Å². The molecule has 4 heteroatoms. The monoisotopic (exact) mass is 203 g/mol. The number of pyridine rings is 1. The minimum absolute atomic E-state index is 0.501. The van der Waals surface area contributed by atoms with Gasteiger partial charge in [0.1, 0.15) is 16.3 Å². The van der Waals surface area contributed by atoms with Crippen LogP contribution in [0.25, 0.3) is 5.52 Å². The molecular formula is C10H9N3S. The molecule has 0 aromatic carbocycles. The number of aromatic nitrogens is 2. The molecular weight excluding hydrogens is 194 g/mol. The predicted molar refractivity (Wildman–Crippen MR) is 56.8 cm³/mol. The highest BCUT2D eigenvalue weighted by atomic mass is 32.1. The first-order chi connectivity index (χ1) is 6.63. The van der Waals surface area contributed by atoms with Crippen molar-refractivity contribution in [3.63, 3.8) is 0 Å². The summed E-state index contributed by atoms with van der Waals surface area (Å²) in [4.78, 5) is 0. The number of H-pyrrole nitrogens is 1. The molecule has 1 N–H and O–H groups in total. The van der Waals surface area contributed by atoms with E-state index in [1.165, 1.54) is 0 Å². The van der Waals surface area contributed by atoms with Gasteiger partial charge in [0.25, 0.3) is 0 Å². The van der Waals surface area contributed by atoms with E-state index < -0.39 is 0 Å². The van der Waals surface area contributed by atoms with E-state index in [1.54, 1.807) is 0 Å². The van der Waals surface area contributed by atoms with Crippen LogP contribution in [0, 0.1) is 29.8 Å². The molecule has 14 heavy (non-hydrogen) atoms. The highest BCUT2D eigenvalue weighted by Gasteiger charge is 2.07. The third-order valence-electron chi connectivity index (χ3n) is 2.19. The number of rotatable bonds is 0. The van der Waals surface area contributed by atoms with E-state index >= 15 is 0 Å². The molecule has 2 aromatic heterocycles. The zero-order chi connectivity index (χ0) is 10.3. The van der Waals surface area contributed by atoms with E-state index in [9.17, 15) is 0 Å². The summed E-state index contributed by atoms with van der Waals surface area (Å²) in [7, 11) is 0. The number of aromatic amines is 1. The lowest BCUT2D eigenvalue weighted by atomic mass is 10.1. The Morgan fingerprint density at radius 1 is 1.50 bits per heavy atom. The average Bonchev–Trinajstić information content (AvgIpc) is 2.40. The molecule has 0 atom stereocenters. The van der Waals surface area contributed by atoms with Gasteiger partial charge in [0.15, 0.2) is 0 Å². The van der Waals surface area contributed by atoms with E-state index in [0.29, 0.717) is 10.2 Å². The third-order valence-corrected chi connectivity index (χ3v) is 2.48. The van der Waals surface area contributed by atoms with Gasteiger partial charge in [-0.1, -0.05) is 18.3 Å². The van der Waals surface area contributed by atoms with Gasteiger partial charge in [-0.15, -0.1) is 0 Å². The number of aryl methyl sites for hydroxylation is 2. The molecule has 2 rings (SSSR count). The molecule has 0 saturated carbocycles. The molecule has 0 bridgehead atoms. The molecule has 2 aromatic rings. The van der Waals surface area contributed by atoms with Gasteiger partial charge >= 0.3 is 0 Å². The molecule has 0 saturated heterocycles. The summed E-state index contributed by atoms with van der Waals surface area (Å²) < 4.78 is 2.31. The van der Waals surface area contributed by atoms with Gasteiger partial charge in [0.2, 0.25) is 0 Å². The lowest BCUT2D eigenvalue weighted by molar-refractivity contribution is 0.939. The summed E-state index contributed by atoms with van der Waals surface area (Å²) in [6.45, 7) is 3.99. The number of nitriles is 1. The van der Waals surface area contributed by atoms with Gasteiger partial charge < -0.3 is 0 Å². The Morgan fingerprint density at radius 3 is 2.86 bits per heavy atom. The van der Waals surface area contributed by atoms with Crippen LogP contribution in [0.15, 0.2) is 12.3 Å². The second kappa shape index (κ2) is 2.96. The zero-order valence-corrected chi connectivity index (χ0v) is 8.77. The second-order valence-electron chi connectivity index (χ2n) is 3.35. The van der Waals surface area contributed by atoms with Crippen molar-refractivity contribution in [3.8, 4) is 6.07 Å². The van der Waals surface area contributed by atoms with Crippen LogP contribution in [0.2, 0.25) is 0 Å². The van der Waals surface area contributed by atoms with Crippen LogP contribution in [0.4, 0.5) is 0 Å². The molecule has 2 heterocycles. The Kier molecular flexibility index (Phi) is 1.90. The highest BCUT2D eigenvalue weighted by molar-refractivity contribution is 7.71. The number of hydrogen-bond donors (Lipinski definition) is 1. The van der Waals surface area contributed by atoms with Crippen molar-refractivity contribution in [2.45, 2.75) is 13.8 Å². The van der Waals surface area contributed by atoms with Crippen LogP contribution in [-0.2, 0) is 0 Å². The van der Waals surface area contributed by atoms with Crippen molar-refractivity contribution in [2.75, 3.05) is 0 Å². The highest BCUT2D eigenvalue weighted by Crippen LogP contribution is 2.17. The Bertz CT molecular complexity index is 598. The van der Waals surface area contributed by atoms with Gasteiger partial charge in [-0.05, 0) is 25.0 Å². The fourth-order valence-corrected chi connectivity index (χ4v) is 1.93. The molecule has 0 aliphatic heterocycles. The van der Waals surface area contributed by atoms with Crippen molar-refractivity contribution in [3.05, 3.63) is 33.6 Å². The van der Waals surface area contributed by atoms with Crippen molar-refractivity contribution < 1.29 is 0 Å². The smallest absolute Gasteiger partial charge is 0.138 e. The minimum Gasteiger partial charge on any atom is -0.283 e. The molecule has 3 nitrogen and oxygen atoms in total. The zero-order valence-electron chi connectivity index (χ0n) is 7.96. The summed E-state index contributed by atoms with van der Waals surface area (Å²) >= 11 is 5.06. The summed E-state index contributed by atoms with van der Waals surface area (Å²) in [5.74, 6) is 0. The summed E-state index contributed by atoms with van der Waals surface area (Å²) in [5.41, 5.74) is 3.63. The quantitative estimate of drug-likeness (QED) is 0.668. The first-order valence-electron chi connectivity index (χ1n) is 4.25. The Hall–Kier alpha value is -1.60. The number of hydrogen-bond acceptors (Lipinski definition) is 2. The van der Waals surface area contributed by atoms with Crippen LogP contribution >= 0.6 is 12.2 Å². The van der Waals surface area contributed by atoms with Crippen LogP contribution in [0.1, 0.15) is 16.7 Å². The van der Waals surface area contributed by atoms with E-state index in [0.717, 1.165) is 16.6 Å². The summed E-state index contributed by atoms with van der Waals surface area (Å²) in [6, 6.07) is 4.16. The first-order valence-corrected chi connectivity index (χ1v) is 4.66. The van der Waals surface area contributed by atoms with Gasteiger partial charge in [0.05, 0.1) is 5.52 Å². The SMILES string of the molecule is Cc1cc(C)c2c(C#N)c(=S)[nH]n2c1. The van der Waals surface area contributed by atoms with Crippen molar-refractivity contribution in [1.82, 2.24) is 9.61 Å². The standard InChI is InChI=1S/C10H9N3S/c1-6-3-7(2)9-8(4-11)10(14)12-13(9)5-6/h3,5H,1-2H3,(H,12,14). The van der Waals surface area contributed by atoms with E-state index in [-0.39, 0.29) is 0 Å². The van der Waals surface area contributed by atoms with Crippen molar-refractivity contribution in [1.29, 1.82) is 5.26 Å². The number of nitrogens with zero attached hydrogens (tertiary/aromatic N) is 2. The van der Waals surface area contributed by atoms with Gasteiger partial charge in [-0.2, -0.15) is 5.26 Å². The van der Waals surface area contributed by atoms with Gasteiger partial charge in [0, 0.05) is 6.20 Å². The molecule has 0 aliphatic rings. The maximum atomic E-state index is 8.95. The largest absolute Gasteiger partial charge is 0.283 e. The molecule has 70 valence electrons. The predicted octanol–water partition coefficient (Wildman–Crippen LogP) is 2.49. The fraction of sp³-hybridized carbons (Fsp3) is 0.200. The average molecular weight is 203 g/mol. The Morgan fingerprint density at radius 2 is 2.21 bits per heavy atom.